The molecule has 3 heteroatoms. The summed E-state index contributed by atoms with van der Waals surface area (Å²) >= 11 is 1.89. The van der Waals surface area contributed by atoms with Crippen molar-refractivity contribution < 1.29 is 0 Å². The number of benzene rings is 1. The Morgan fingerprint density at radius 2 is 2.29 bits per heavy atom. The van der Waals surface area contributed by atoms with Crippen LogP contribution in [0.25, 0.3) is 0 Å². The maximum absolute atomic E-state index is 5.72. The first kappa shape index (κ1) is 9.87. The lowest BCUT2D eigenvalue weighted by Crippen LogP contribution is -2.37. The van der Waals surface area contributed by atoms with Crippen molar-refractivity contribution in [1.29, 1.82) is 0 Å². The quantitative estimate of drug-likeness (QED) is 0.743. The maximum Gasteiger partial charge on any atom is 0.0483 e. The van der Waals surface area contributed by atoms with Crippen molar-refractivity contribution in [2.24, 2.45) is 5.73 Å². The topological polar surface area (TPSA) is 38.0 Å². The minimum absolute atomic E-state index is 0.458. The van der Waals surface area contributed by atoms with Gasteiger partial charge in [-0.1, -0.05) is 6.07 Å². The van der Waals surface area contributed by atoms with E-state index in [9.17, 15) is 0 Å². The fourth-order valence-electron chi connectivity index (χ4n) is 1.71. The van der Waals surface area contributed by atoms with E-state index in [4.69, 9.17) is 5.73 Å². The molecule has 0 radical (unpaired) electrons. The van der Waals surface area contributed by atoms with Gasteiger partial charge in [0.25, 0.3) is 0 Å². The van der Waals surface area contributed by atoms with E-state index in [0.29, 0.717) is 11.3 Å². The minimum atomic E-state index is 0.458. The number of hydrogen-bond acceptors (Lipinski definition) is 3. The van der Waals surface area contributed by atoms with Gasteiger partial charge >= 0.3 is 0 Å². The maximum atomic E-state index is 5.72. The predicted molar refractivity (Wildman–Crippen MR) is 63.0 cm³/mol. The average molecular weight is 208 g/mol. The zero-order chi connectivity index (χ0) is 10.1. The summed E-state index contributed by atoms with van der Waals surface area (Å²) in [5.41, 5.74) is 8.28. The molecule has 0 amide bonds. The fourth-order valence-corrected chi connectivity index (χ4v) is 2.80. The Balaban J connectivity index is 2.30. The first-order valence-electron chi connectivity index (χ1n) is 4.94. The van der Waals surface area contributed by atoms with Crippen molar-refractivity contribution in [3.05, 3.63) is 23.8 Å². The summed E-state index contributed by atoms with van der Waals surface area (Å²) in [7, 11) is 0. The molecule has 0 spiro atoms. The number of aryl methyl sites for hydroxylation is 1. The van der Waals surface area contributed by atoms with Crippen LogP contribution in [-0.4, -0.2) is 17.8 Å². The SMILES string of the molecule is Cc1ccc2c(c1)NC(C)C(CN)S2. The first-order valence-corrected chi connectivity index (χ1v) is 5.82. The first-order chi connectivity index (χ1) is 6.70. The molecule has 2 nitrogen and oxygen atoms in total. The molecule has 2 unspecified atom stereocenters. The Bertz CT molecular complexity index is 338. The summed E-state index contributed by atoms with van der Waals surface area (Å²) in [6, 6.07) is 6.98. The molecule has 1 aliphatic heterocycles. The van der Waals surface area contributed by atoms with Gasteiger partial charge in [-0.3, -0.25) is 0 Å². The molecule has 1 aromatic rings. The number of hydrogen-bond donors (Lipinski definition) is 2. The molecule has 2 rings (SSSR count). The van der Waals surface area contributed by atoms with Gasteiger partial charge in [-0.2, -0.15) is 0 Å². The van der Waals surface area contributed by atoms with Crippen LogP contribution in [0.1, 0.15) is 12.5 Å². The minimum Gasteiger partial charge on any atom is -0.380 e. The van der Waals surface area contributed by atoms with Crippen molar-refractivity contribution in [2.45, 2.75) is 30.0 Å². The van der Waals surface area contributed by atoms with Gasteiger partial charge in [0, 0.05) is 28.4 Å². The van der Waals surface area contributed by atoms with Crippen LogP contribution in [-0.2, 0) is 0 Å². The molecule has 0 fully saturated rings. The second kappa shape index (κ2) is 3.83. The third-order valence-corrected chi connectivity index (χ3v) is 4.10. The van der Waals surface area contributed by atoms with Crippen molar-refractivity contribution in [1.82, 2.24) is 0 Å². The molecule has 1 aliphatic rings. The van der Waals surface area contributed by atoms with E-state index in [1.54, 1.807) is 0 Å². The highest BCUT2D eigenvalue weighted by atomic mass is 32.2. The second-order valence-corrected chi connectivity index (χ2v) is 5.11. The van der Waals surface area contributed by atoms with E-state index in [0.717, 1.165) is 6.54 Å². The number of thioether (sulfide) groups is 1. The van der Waals surface area contributed by atoms with Gasteiger partial charge in [-0.25, -0.2) is 0 Å². The van der Waals surface area contributed by atoms with E-state index < -0.39 is 0 Å². The van der Waals surface area contributed by atoms with Gasteiger partial charge in [0.2, 0.25) is 0 Å². The molecule has 76 valence electrons. The highest BCUT2D eigenvalue weighted by molar-refractivity contribution is 8.00. The molecule has 0 aromatic heterocycles. The van der Waals surface area contributed by atoms with Crippen molar-refractivity contribution in [2.75, 3.05) is 11.9 Å². The van der Waals surface area contributed by atoms with Crippen LogP contribution in [0.3, 0.4) is 0 Å². The number of nitrogens with one attached hydrogen (secondary N) is 1. The van der Waals surface area contributed by atoms with E-state index in [2.05, 4.69) is 37.4 Å². The zero-order valence-electron chi connectivity index (χ0n) is 8.58. The molecule has 0 saturated heterocycles. The summed E-state index contributed by atoms with van der Waals surface area (Å²) in [5.74, 6) is 0. The van der Waals surface area contributed by atoms with E-state index >= 15 is 0 Å². The van der Waals surface area contributed by atoms with Gasteiger partial charge in [0.05, 0.1) is 0 Å². The average Bonchev–Trinajstić information content (AvgIpc) is 2.16. The molecule has 14 heavy (non-hydrogen) atoms. The summed E-state index contributed by atoms with van der Waals surface area (Å²) in [6.07, 6.45) is 0. The van der Waals surface area contributed by atoms with E-state index in [1.807, 2.05) is 11.8 Å². The summed E-state index contributed by atoms with van der Waals surface area (Å²) in [4.78, 5) is 1.32. The van der Waals surface area contributed by atoms with Gasteiger partial charge in [0.1, 0.15) is 0 Å². The molecule has 0 aliphatic carbocycles. The van der Waals surface area contributed by atoms with Crippen LogP contribution in [0.2, 0.25) is 0 Å². The predicted octanol–water partition coefficient (Wildman–Crippen LogP) is 2.23. The number of anilines is 1. The van der Waals surface area contributed by atoms with Gasteiger partial charge < -0.3 is 11.1 Å². The van der Waals surface area contributed by atoms with Crippen LogP contribution in [0.15, 0.2) is 23.1 Å². The molecule has 0 bridgehead atoms. The normalized spacial score (nSPS) is 25.4. The van der Waals surface area contributed by atoms with Crippen LogP contribution in [0, 0.1) is 6.92 Å². The largest absolute Gasteiger partial charge is 0.380 e. The molecule has 0 saturated carbocycles. The lowest BCUT2D eigenvalue weighted by Gasteiger charge is -2.31. The summed E-state index contributed by atoms with van der Waals surface area (Å²) in [5, 5.41) is 3.99. The molecular weight excluding hydrogens is 192 g/mol. The monoisotopic (exact) mass is 208 g/mol. The third-order valence-electron chi connectivity index (χ3n) is 2.59. The van der Waals surface area contributed by atoms with E-state index in [-0.39, 0.29) is 0 Å². The smallest absolute Gasteiger partial charge is 0.0483 e. The third kappa shape index (κ3) is 1.74. The lowest BCUT2D eigenvalue weighted by atomic mass is 10.1. The Labute approximate surface area is 89.3 Å². The fraction of sp³-hybridized carbons (Fsp3) is 0.455. The molecule has 2 atom stereocenters. The van der Waals surface area contributed by atoms with Crippen molar-refractivity contribution in [3.8, 4) is 0 Å². The lowest BCUT2D eigenvalue weighted by molar-refractivity contribution is 0.723. The summed E-state index contributed by atoms with van der Waals surface area (Å²) in [6.45, 7) is 5.04. The molecular formula is C11H16N2S. The molecule has 1 aromatic carbocycles. The van der Waals surface area contributed by atoms with Crippen LogP contribution in [0.4, 0.5) is 5.69 Å². The Kier molecular flexibility index (Phi) is 2.70. The highest BCUT2D eigenvalue weighted by Gasteiger charge is 2.23. The number of rotatable bonds is 1. The zero-order valence-corrected chi connectivity index (χ0v) is 9.40. The van der Waals surface area contributed by atoms with Crippen molar-refractivity contribution in [3.63, 3.8) is 0 Å². The van der Waals surface area contributed by atoms with Gasteiger partial charge in [-0.05, 0) is 31.5 Å². The Hall–Kier alpha value is -0.670. The Morgan fingerprint density at radius 3 is 3.00 bits per heavy atom. The Morgan fingerprint density at radius 1 is 1.50 bits per heavy atom. The van der Waals surface area contributed by atoms with Crippen LogP contribution < -0.4 is 11.1 Å². The second-order valence-electron chi connectivity index (χ2n) is 3.82. The molecule has 1 heterocycles. The van der Waals surface area contributed by atoms with Crippen LogP contribution >= 0.6 is 11.8 Å². The van der Waals surface area contributed by atoms with Gasteiger partial charge in [0.15, 0.2) is 0 Å². The standard InChI is InChI=1S/C11H16N2S/c1-7-3-4-10-9(5-7)13-8(2)11(6-12)14-10/h3-5,8,11,13H,6,12H2,1-2H3. The van der Waals surface area contributed by atoms with Crippen LogP contribution in [0.5, 0.6) is 0 Å². The van der Waals surface area contributed by atoms with E-state index in [1.165, 1.54) is 16.1 Å². The van der Waals surface area contributed by atoms with Crippen molar-refractivity contribution >= 4 is 17.4 Å². The highest BCUT2D eigenvalue weighted by Crippen LogP contribution is 2.37. The van der Waals surface area contributed by atoms with Gasteiger partial charge in [-0.15, -0.1) is 11.8 Å². The summed E-state index contributed by atoms with van der Waals surface area (Å²) < 4.78 is 0. The number of nitrogens with two attached hydrogens (primary N) is 1. The molecule has 3 N–H and O–H groups in total. The number of fused-ring (bicyclic) bond motifs is 1.